The van der Waals surface area contributed by atoms with E-state index in [0.717, 1.165) is 118 Å². The van der Waals surface area contributed by atoms with Crippen molar-refractivity contribution >= 4 is 218 Å². The number of carboxylic acid groups (broad SMARTS) is 2. The van der Waals surface area contributed by atoms with E-state index in [0.29, 0.717) is 49.8 Å². The molecular weight excluding hydrogens is 2160 g/mol. The van der Waals surface area contributed by atoms with Gasteiger partial charge >= 0.3 is 137 Å². The summed E-state index contributed by atoms with van der Waals surface area (Å²) < 4.78 is 70.9. The molecule has 10 aromatic rings. The van der Waals surface area contributed by atoms with Crippen LogP contribution >= 0.6 is 116 Å². The van der Waals surface area contributed by atoms with Gasteiger partial charge in [-0.05, 0) is 138 Å². The van der Waals surface area contributed by atoms with Crippen LogP contribution in [0.5, 0.6) is 17.2 Å². The fourth-order valence-corrected chi connectivity index (χ4v) is 13.3. The normalized spacial score (nSPS) is 9.33. The van der Waals surface area contributed by atoms with Gasteiger partial charge in [-0.2, -0.15) is 33.4 Å². The van der Waals surface area contributed by atoms with Gasteiger partial charge in [-0.25, -0.2) is 0 Å². The number of aliphatic hydroxyl groups is 1. The summed E-state index contributed by atoms with van der Waals surface area (Å²) in [5.41, 5.74) is 4.59. The molecule has 5 heterocycles. The monoisotopic (exact) mass is 2240 g/mol. The first-order chi connectivity index (χ1) is 51.0. The molecule has 3 radical (unpaired) electrons. The Morgan fingerprint density at radius 2 is 0.699 bits per heavy atom. The van der Waals surface area contributed by atoms with Gasteiger partial charge in [0.1, 0.15) is 42.1 Å². The zero-order valence-electron chi connectivity index (χ0n) is 63.4. The van der Waals surface area contributed by atoms with Crippen LogP contribution in [0.2, 0.25) is 0 Å². The summed E-state index contributed by atoms with van der Waals surface area (Å²) in [7, 11) is 5.04. The number of halogens is 3. The van der Waals surface area contributed by atoms with Gasteiger partial charge in [-0.15, -0.1) is 108 Å². The van der Waals surface area contributed by atoms with E-state index in [2.05, 4.69) is 111 Å². The van der Waals surface area contributed by atoms with Crippen LogP contribution in [-0.4, -0.2) is 139 Å². The van der Waals surface area contributed by atoms with Crippen LogP contribution in [0.1, 0.15) is 48.6 Å². The Morgan fingerprint density at radius 3 is 0.947 bits per heavy atom. The maximum Gasteiger partial charge on any atom is 3.00 e. The second kappa shape index (κ2) is 82.2. The predicted molar refractivity (Wildman–Crippen MR) is 446 cm³/mol. The Balaban J connectivity index is -0.000000160. The topological polar surface area (TPSA) is 310 Å². The van der Waals surface area contributed by atoms with Gasteiger partial charge in [0.25, 0.3) is 0 Å². The summed E-state index contributed by atoms with van der Waals surface area (Å²) in [4.78, 5) is 65.5. The van der Waals surface area contributed by atoms with Gasteiger partial charge in [0.2, 0.25) is 0 Å². The van der Waals surface area contributed by atoms with Gasteiger partial charge in [0.05, 0.1) is 53.4 Å². The zero-order chi connectivity index (χ0) is 80.6. The molecule has 113 heavy (non-hydrogen) atoms. The van der Waals surface area contributed by atoms with Crippen molar-refractivity contribution in [1.82, 2.24) is 13.9 Å². The van der Waals surface area contributed by atoms with Crippen molar-refractivity contribution in [1.29, 1.82) is 0 Å². The Morgan fingerprint density at radius 1 is 0.460 bits per heavy atom. The first kappa shape index (κ1) is 132. The number of methoxy groups -OCH3 is 3. The summed E-state index contributed by atoms with van der Waals surface area (Å²) in [5, 5.41) is 42.2. The van der Waals surface area contributed by atoms with Crippen LogP contribution in [0.4, 0.5) is 0 Å². The number of aliphatic hydroxyl groups excluding tert-OH is 1. The number of carbonyl (C=O) groups is 5. The molecule has 0 atom stereocenters. The van der Waals surface area contributed by atoms with Crippen LogP contribution in [-0.2, 0) is 297 Å². The molecule has 605 valence electrons. The van der Waals surface area contributed by atoms with Crippen LogP contribution < -0.4 is 19.4 Å². The summed E-state index contributed by atoms with van der Waals surface area (Å²) in [6.45, 7) is 40.8. The van der Waals surface area contributed by atoms with Gasteiger partial charge in [0.15, 0.2) is 24.0 Å². The number of thiophene rings is 5. The minimum Gasteiger partial charge on any atom is -0.481 e. The molecule has 0 saturated carbocycles. The molecule has 0 fully saturated rings. The molecule has 0 aliphatic carbocycles. The van der Waals surface area contributed by atoms with Crippen molar-refractivity contribution in [3.8, 4) is 17.2 Å². The second-order valence-electron chi connectivity index (χ2n) is 18.7. The molecule has 10 rings (SSSR count). The molecular formula is C72H89Cl3N3O20S9Y6. The smallest absolute Gasteiger partial charge is 0.481 e. The average Bonchev–Trinajstić information content (AvgIpc) is 1.88. The molecule has 0 aliphatic heterocycles. The summed E-state index contributed by atoms with van der Waals surface area (Å²) in [6.07, 6.45) is 0.981. The number of nitrogens with one attached hydrogen (secondary N) is 1. The molecule has 5 aromatic heterocycles. The number of benzene rings is 5. The van der Waals surface area contributed by atoms with Crippen molar-refractivity contribution in [2.45, 2.75) is 52.9 Å². The number of rotatable bonds is 25. The second-order valence-corrected chi connectivity index (χ2v) is 27.0. The molecule has 23 nitrogen and oxygen atoms in total. The number of fused-ring (bicyclic) bond motifs is 5. The van der Waals surface area contributed by atoms with E-state index < -0.39 is 21.3 Å². The standard InChI is InChI=1S/C15H17NO4S2.C14H15NO4S2.C11H9ClO3S.C11H10O2S.C10H8O2S.C4H9N.3C2H5.CH4O.ClHO3S.ClH.OS.6Y/c1-4-16(5-2)22-20-19-12-6-7-14-13(9-12)11(10-21-14)8-15(17)18-3;1-3-15(4-2)21-19-18-11-5-6-13-12(8-11)10(9-20-13)7-14(16)17;1-14-11(13)4-7-6-16-10-3-2-8(15-12)5-9(7)10;1-13-11(12)6-8-7-14-10-5-3-2-4-9(8)10;11-10(12)5-7-6-13-9-4-2-1-3-8(7)9;1-3-5-4-2;4*1-2;1-5(2,3)4;;1-2;;;;;;/h6-7,9-10H,1-2,4-5,8H2,3H3;5-6,8-9H,1-4,7H2,(H,16,17);2-3,5-6H,4H2,1H3;2-5,7H,6H2,1H3;1-4,6H,5H2,(H,11,12);5H,1-4H2;3*1H2,2H3;2H,1H3;(H,2,3,4);1H;;;;;;;/q2*-2;;;;-2;3*-1;;;;;;;;3*+3. The fraction of sp³-hybridized carbons (Fsp3) is 0.250. The number of hydrogen-bond donors (Lipinski definition) is 5. The van der Waals surface area contributed by atoms with Gasteiger partial charge in [0, 0.05) is 150 Å². The minimum absolute atomic E-state index is 0. The summed E-state index contributed by atoms with van der Waals surface area (Å²) in [6, 6.07) is 32.5. The van der Waals surface area contributed by atoms with E-state index in [9.17, 15) is 24.0 Å². The molecule has 0 bridgehead atoms. The number of hydrogen-bond acceptors (Lipinski definition) is 28. The molecule has 0 aliphatic rings. The maximum absolute atomic E-state index is 11.4. The number of nitrogens with zero attached hydrogens (tertiary/aromatic N) is 2. The van der Waals surface area contributed by atoms with E-state index in [1.165, 1.54) is 37.4 Å². The van der Waals surface area contributed by atoms with Crippen LogP contribution in [0.3, 0.4) is 0 Å². The number of carboxylic acids is 2. The predicted octanol–water partition coefficient (Wildman–Crippen LogP) is 17.6. The number of carbonyl (C=O) groups excluding carboxylic acids is 3. The first-order valence-electron chi connectivity index (χ1n) is 30.8. The molecule has 5 aromatic carbocycles. The third-order valence-electron chi connectivity index (χ3n) is 12.3. The van der Waals surface area contributed by atoms with Gasteiger partial charge < -0.3 is 111 Å². The maximum atomic E-state index is 11.4. The largest absolute Gasteiger partial charge is 3.00 e. The molecule has 0 spiro atoms. The Bertz CT molecular complexity index is 4190. The van der Waals surface area contributed by atoms with E-state index in [1.807, 2.05) is 106 Å². The van der Waals surface area contributed by atoms with Crippen molar-refractivity contribution in [3.63, 3.8) is 0 Å². The quantitative estimate of drug-likeness (QED) is 0.00408. The fourth-order valence-electron chi connectivity index (χ4n) is 7.79. The molecule has 0 unspecified atom stereocenters. The van der Waals surface area contributed by atoms with Crippen LogP contribution in [0.25, 0.3) is 50.4 Å². The Kier molecular flexibility index (Phi) is 95.7. The first-order valence-corrected chi connectivity index (χ1v) is 39.5. The van der Waals surface area contributed by atoms with E-state index in [4.69, 9.17) is 67.5 Å². The third-order valence-corrected chi connectivity index (χ3v) is 19.0. The van der Waals surface area contributed by atoms with E-state index in [1.54, 1.807) is 92.9 Å². The molecule has 41 heteroatoms. The van der Waals surface area contributed by atoms with Crippen molar-refractivity contribution in [2.24, 2.45) is 0 Å². The molecule has 5 N–H and O–H groups in total. The van der Waals surface area contributed by atoms with Crippen LogP contribution in [0, 0.1) is 62.3 Å². The van der Waals surface area contributed by atoms with Gasteiger partial charge in [-0.3, -0.25) is 37.1 Å². The van der Waals surface area contributed by atoms with Crippen molar-refractivity contribution in [3.05, 3.63) is 220 Å². The Labute approximate surface area is 866 Å². The van der Waals surface area contributed by atoms with Gasteiger partial charge in [-0.1, -0.05) is 45.1 Å². The Hall–Kier alpha value is 0.533. The number of esters is 3. The SMILES string of the molecule is CO.COC(=O)Cc1csc2ccc(OCl)cc12.COC(=O)Cc1csc2ccccc12.Cl.O=C(O)Cc1csc2ccccc12.O=S.O=S(=O)(O)Cl.[CH2-]C.[CH2-]C.[CH2-]C.[CH2-]CN(C[CH2-])SOOc1ccc2scc(CC(=O)O)c2c1.[CH2-]CN(C[CH2-])SOOc1ccc2scc(CC(=O)OC)c2c1.[CH2-]CNC[CH2-].[Y+3].[Y+3].[Y+3].[Y].[Y].[Y]. The average molecular weight is 2240 g/mol. The third kappa shape index (κ3) is 56.1. The van der Waals surface area contributed by atoms with E-state index >= 15 is 0 Å². The van der Waals surface area contributed by atoms with Crippen molar-refractivity contribution < 1.29 is 290 Å². The van der Waals surface area contributed by atoms with Crippen LogP contribution in [0.15, 0.2) is 130 Å². The molecule has 0 amide bonds. The zero-order valence-corrected chi connectivity index (χ0v) is 90.1. The van der Waals surface area contributed by atoms with E-state index in [-0.39, 0.29) is 252 Å². The number of aliphatic carboxylic acids is 2. The number of ether oxygens (including phenoxy) is 3. The summed E-state index contributed by atoms with van der Waals surface area (Å²) in [5.74, 6) is -0.674. The molecule has 0 saturated heterocycles. The summed E-state index contributed by atoms with van der Waals surface area (Å²) >= 11 is 18.1. The van der Waals surface area contributed by atoms with Crippen molar-refractivity contribution in [2.75, 3.05) is 67.7 Å². The minimum atomic E-state index is -4.19.